The Morgan fingerprint density at radius 2 is 1.81 bits per heavy atom. The molecular formula is C21H24N4O2. The molecule has 2 aliphatic rings. The maximum absolute atomic E-state index is 12.7. The molecule has 4 rings (SSSR count). The van der Waals surface area contributed by atoms with Crippen molar-refractivity contribution in [2.24, 2.45) is 0 Å². The molecule has 6 nitrogen and oxygen atoms in total. The molecule has 0 radical (unpaired) electrons. The standard InChI is InChI=1S/C21H24N4O2/c26-20-7-4-13-25(20)18-10-8-17(9-11-18)23-21(27)24-14-12-22-19(15-24)16-5-2-1-3-6-16/h1-3,5-6,8-11,19,22H,4,7,12-15H2,(H,23,27)/t19-/m0/s1. The van der Waals surface area contributed by atoms with Crippen LogP contribution < -0.4 is 15.5 Å². The fourth-order valence-corrected chi connectivity index (χ4v) is 3.69. The zero-order chi connectivity index (χ0) is 18.6. The molecule has 0 aromatic heterocycles. The average molecular weight is 364 g/mol. The van der Waals surface area contributed by atoms with Crippen molar-refractivity contribution in [3.05, 3.63) is 60.2 Å². The second kappa shape index (κ2) is 7.80. The van der Waals surface area contributed by atoms with Gasteiger partial charge in [-0.2, -0.15) is 0 Å². The summed E-state index contributed by atoms with van der Waals surface area (Å²) in [5.41, 5.74) is 2.82. The number of rotatable bonds is 3. The lowest BCUT2D eigenvalue weighted by atomic mass is 10.0. The molecule has 27 heavy (non-hydrogen) atoms. The van der Waals surface area contributed by atoms with Crippen LogP contribution in [0.15, 0.2) is 54.6 Å². The summed E-state index contributed by atoms with van der Waals surface area (Å²) in [6, 6.07) is 17.7. The van der Waals surface area contributed by atoms with Crippen LogP contribution in [-0.2, 0) is 4.79 Å². The van der Waals surface area contributed by atoms with Crippen LogP contribution in [0.3, 0.4) is 0 Å². The van der Waals surface area contributed by atoms with Gasteiger partial charge in [0.1, 0.15) is 0 Å². The number of piperazine rings is 1. The van der Waals surface area contributed by atoms with E-state index in [-0.39, 0.29) is 18.0 Å². The molecule has 0 aliphatic carbocycles. The summed E-state index contributed by atoms with van der Waals surface area (Å²) in [5.74, 6) is 0.166. The molecular weight excluding hydrogens is 340 g/mol. The first-order valence-electron chi connectivity index (χ1n) is 9.45. The number of hydrogen-bond donors (Lipinski definition) is 2. The Kier molecular flexibility index (Phi) is 5.07. The van der Waals surface area contributed by atoms with E-state index < -0.39 is 0 Å². The normalized spacial score (nSPS) is 20.0. The molecule has 0 spiro atoms. The molecule has 2 saturated heterocycles. The molecule has 2 heterocycles. The highest BCUT2D eigenvalue weighted by molar-refractivity contribution is 5.96. The van der Waals surface area contributed by atoms with Gasteiger partial charge < -0.3 is 20.4 Å². The van der Waals surface area contributed by atoms with E-state index in [1.807, 2.05) is 47.4 Å². The molecule has 2 fully saturated rings. The number of nitrogens with zero attached hydrogens (tertiary/aromatic N) is 2. The van der Waals surface area contributed by atoms with Crippen LogP contribution in [0.1, 0.15) is 24.4 Å². The first kappa shape index (κ1) is 17.5. The van der Waals surface area contributed by atoms with Crippen LogP contribution in [0.5, 0.6) is 0 Å². The number of benzene rings is 2. The van der Waals surface area contributed by atoms with Gasteiger partial charge in [-0.1, -0.05) is 30.3 Å². The summed E-state index contributed by atoms with van der Waals surface area (Å²) < 4.78 is 0. The topological polar surface area (TPSA) is 64.7 Å². The third-order valence-electron chi connectivity index (χ3n) is 5.17. The SMILES string of the molecule is O=C(Nc1ccc(N2CCCC2=O)cc1)N1CCN[C@H](c2ccccc2)C1. The highest BCUT2D eigenvalue weighted by atomic mass is 16.2. The van der Waals surface area contributed by atoms with Crippen molar-refractivity contribution in [1.29, 1.82) is 0 Å². The van der Waals surface area contributed by atoms with Crippen LogP contribution in [0.4, 0.5) is 16.2 Å². The van der Waals surface area contributed by atoms with Crippen molar-refractivity contribution in [1.82, 2.24) is 10.2 Å². The lowest BCUT2D eigenvalue weighted by Crippen LogP contribution is -2.49. The molecule has 2 aromatic carbocycles. The Morgan fingerprint density at radius 3 is 2.52 bits per heavy atom. The van der Waals surface area contributed by atoms with Gasteiger partial charge in [-0.15, -0.1) is 0 Å². The van der Waals surface area contributed by atoms with Gasteiger partial charge in [-0.25, -0.2) is 4.79 Å². The number of amides is 3. The van der Waals surface area contributed by atoms with Gasteiger partial charge in [0.05, 0.1) is 6.04 Å². The summed E-state index contributed by atoms with van der Waals surface area (Å²) in [7, 11) is 0. The second-order valence-electron chi connectivity index (χ2n) is 6.99. The molecule has 140 valence electrons. The molecule has 0 saturated carbocycles. The zero-order valence-electron chi connectivity index (χ0n) is 15.2. The van der Waals surface area contributed by atoms with Crippen molar-refractivity contribution in [2.75, 3.05) is 36.4 Å². The lowest BCUT2D eigenvalue weighted by Gasteiger charge is -2.34. The Labute approximate surface area is 159 Å². The largest absolute Gasteiger partial charge is 0.321 e. The fourth-order valence-electron chi connectivity index (χ4n) is 3.69. The monoisotopic (exact) mass is 364 g/mol. The minimum atomic E-state index is -0.0950. The van der Waals surface area contributed by atoms with Crippen molar-refractivity contribution >= 4 is 23.3 Å². The maximum Gasteiger partial charge on any atom is 0.321 e. The molecule has 2 aliphatic heterocycles. The predicted molar refractivity (Wildman–Crippen MR) is 106 cm³/mol. The van der Waals surface area contributed by atoms with Crippen molar-refractivity contribution in [2.45, 2.75) is 18.9 Å². The minimum absolute atomic E-state index is 0.0950. The van der Waals surface area contributed by atoms with Crippen LogP contribution in [-0.4, -0.2) is 43.0 Å². The molecule has 3 amide bonds. The van der Waals surface area contributed by atoms with Gasteiger partial charge in [0.25, 0.3) is 0 Å². The molecule has 6 heteroatoms. The fraction of sp³-hybridized carbons (Fsp3) is 0.333. The number of carbonyl (C=O) groups is 2. The minimum Gasteiger partial charge on any atom is -0.321 e. The van der Waals surface area contributed by atoms with E-state index in [4.69, 9.17) is 0 Å². The van der Waals surface area contributed by atoms with Crippen LogP contribution in [0, 0.1) is 0 Å². The summed E-state index contributed by atoms with van der Waals surface area (Å²) in [6.07, 6.45) is 1.52. The van der Waals surface area contributed by atoms with E-state index in [1.165, 1.54) is 5.56 Å². The zero-order valence-corrected chi connectivity index (χ0v) is 15.2. The van der Waals surface area contributed by atoms with Crippen LogP contribution in [0.25, 0.3) is 0 Å². The molecule has 0 bridgehead atoms. The first-order valence-corrected chi connectivity index (χ1v) is 9.45. The highest BCUT2D eigenvalue weighted by Crippen LogP contribution is 2.23. The van der Waals surface area contributed by atoms with Crippen LogP contribution in [0.2, 0.25) is 0 Å². The van der Waals surface area contributed by atoms with Crippen LogP contribution >= 0.6 is 0 Å². The number of urea groups is 1. The van der Waals surface area contributed by atoms with Gasteiger partial charge >= 0.3 is 6.03 Å². The number of anilines is 2. The Morgan fingerprint density at radius 1 is 1.04 bits per heavy atom. The van der Waals surface area contributed by atoms with Crippen molar-refractivity contribution in [3.63, 3.8) is 0 Å². The third-order valence-corrected chi connectivity index (χ3v) is 5.17. The molecule has 2 aromatic rings. The van der Waals surface area contributed by atoms with Gasteiger partial charge in [-0.05, 0) is 36.2 Å². The third kappa shape index (κ3) is 3.95. The maximum atomic E-state index is 12.7. The molecule has 2 N–H and O–H groups in total. The number of carbonyl (C=O) groups excluding carboxylic acids is 2. The van der Waals surface area contributed by atoms with Gasteiger partial charge in [0.15, 0.2) is 0 Å². The average Bonchev–Trinajstić information content (AvgIpc) is 3.15. The van der Waals surface area contributed by atoms with Crippen molar-refractivity contribution < 1.29 is 9.59 Å². The predicted octanol–water partition coefficient (Wildman–Crippen LogP) is 2.99. The highest BCUT2D eigenvalue weighted by Gasteiger charge is 2.25. The van der Waals surface area contributed by atoms with Crippen molar-refractivity contribution in [3.8, 4) is 0 Å². The summed E-state index contributed by atoms with van der Waals surface area (Å²) >= 11 is 0. The van der Waals surface area contributed by atoms with E-state index in [0.717, 1.165) is 30.9 Å². The van der Waals surface area contributed by atoms with E-state index in [2.05, 4.69) is 22.8 Å². The van der Waals surface area contributed by atoms with E-state index in [9.17, 15) is 9.59 Å². The van der Waals surface area contributed by atoms with Gasteiger partial charge in [0.2, 0.25) is 5.91 Å². The van der Waals surface area contributed by atoms with Gasteiger partial charge in [0, 0.05) is 44.0 Å². The van der Waals surface area contributed by atoms with E-state index >= 15 is 0 Å². The summed E-state index contributed by atoms with van der Waals surface area (Å²) in [4.78, 5) is 28.1. The smallest absolute Gasteiger partial charge is 0.321 e. The Bertz CT molecular complexity index is 807. The molecule has 1 atom stereocenters. The second-order valence-corrected chi connectivity index (χ2v) is 6.99. The lowest BCUT2D eigenvalue weighted by molar-refractivity contribution is -0.117. The Balaban J connectivity index is 1.37. The number of nitrogens with one attached hydrogen (secondary N) is 2. The molecule has 0 unspecified atom stereocenters. The van der Waals surface area contributed by atoms with E-state index in [0.29, 0.717) is 19.5 Å². The number of hydrogen-bond acceptors (Lipinski definition) is 3. The summed E-state index contributed by atoms with van der Waals surface area (Å²) in [5, 5.41) is 6.44. The first-order chi connectivity index (χ1) is 13.2. The van der Waals surface area contributed by atoms with Gasteiger partial charge in [-0.3, -0.25) is 4.79 Å². The Hall–Kier alpha value is -2.86. The summed E-state index contributed by atoms with van der Waals surface area (Å²) in [6.45, 7) is 2.85. The quantitative estimate of drug-likeness (QED) is 0.880. The van der Waals surface area contributed by atoms with E-state index in [1.54, 1.807) is 4.90 Å².